The minimum atomic E-state index is -3.41. The highest BCUT2D eigenvalue weighted by atomic mass is 32.2. The van der Waals surface area contributed by atoms with Crippen LogP contribution in [0.25, 0.3) is 0 Å². The van der Waals surface area contributed by atoms with Crippen molar-refractivity contribution in [3.63, 3.8) is 0 Å². The molecular formula is C11H17FN2O2S. The SMILES string of the molecule is CC(CN)N(C)S(=O)(=O)Cc1ccc(F)cc1. The summed E-state index contributed by atoms with van der Waals surface area (Å²) in [6.07, 6.45) is 0. The van der Waals surface area contributed by atoms with Crippen LogP contribution in [-0.2, 0) is 15.8 Å². The first-order valence-electron chi connectivity index (χ1n) is 5.27. The summed E-state index contributed by atoms with van der Waals surface area (Å²) in [4.78, 5) is 0. The van der Waals surface area contributed by atoms with E-state index in [9.17, 15) is 12.8 Å². The number of sulfonamides is 1. The first kappa shape index (κ1) is 14.1. The minimum absolute atomic E-state index is 0.145. The Kier molecular flexibility index (Phi) is 4.62. The van der Waals surface area contributed by atoms with Gasteiger partial charge in [-0.15, -0.1) is 0 Å². The first-order chi connectivity index (χ1) is 7.86. The van der Waals surface area contributed by atoms with Gasteiger partial charge in [0, 0.05) is 19.6 Å². The van der Waals surface area contributed by atoms with Crippen molar-refractivity contribution in [2.45, 2.75) is 18.7 Å². The van der Waals surface area contributed by atoms with Crippen LogP contribution in [0.3, 0.4) is 0 Å². The largest absolute Gasteiger partial charge is 0.329 e. The van der Waals surface area contributed by atoms with E-state index in [2.05, 4.69) is 0 Å². The van der Waals surface area contributed by atoms with Crippen molar-refractivity contribution < 1.29 is 12.8 Å². The summed E-state index contributed by atoms with van der Waals surface area (Å²) in [5.41, 5.74) is 5.99. The average Bonchev–Trinajstić information content (AvgIpc) is 2.30. The molecule has 6 heteroatoms. The number of nitrogens with two attached hydrogens (primary N) is 1. The lowest BCUT2D eigenvalue weighted by atomic mass is 10.2. The number of nitrogens with zero attached hydrogens (tertiary/aromatic N) is 1. The standard InChI is InChI=1S/C11H17FN2O2S/c1-9(7-13)14(2)17(15,16)8-10-3-5-11(12)6-4-10/h3-6,9H,7-8,13H2,1-2H3. The Balaban J connectivity index is 2.83. The van der Waals surface area contributed by atoms with E-state index in [1.807, 2.05) is 0 Å². The Labute approximate surface area is 101 Å². The van der Waals surface area contributed by atoms with E-state index in [1.165, 1.54) is 35.6 Å². The van der Waals surface area contributed by atoms with Gasteiger partial charge in [-0.05, 0) is 24.6 Å². The lowest BCUT2D eigenvalue weighted by Gasteiger charge is -2.22. The Hall–Kier alpha value is -0.980. The lowest BCUT2D eigenvalue weighted by Crippen LogP contribution is -2.40. The molecule has 0 spiro atoms. The number of halogens is 1. The predicted octanol–water partition coefficient (Wildman–Crippen LogP) is 0.935. The summed E-state index contributed by atoms with van der Waals surface area (Å²) in [7, 11) is -1.91. The summed E-state index contributed by atoms with van der Waals surface area (Å²) in [5.74, 6) is -0.525. The molecule has 2 N–H and O–H groups in total. The minimum Gasteiger partial charge on any atom is -0.329 e. The van der Waals surface area contributed by atoms with Gasteiger partial charge in [-0.25, -0.2) is 17.1 Å². The maximum absolute atomic E-state index is 12.7. The van der Waals surface area contributed by atoms with Gasteiger partial charge in [0.25, 0.3) is 0 Å². The zero-order chi connectivity index (χ0) is 13.1. The second kappa shape index (κ2) is 5.57. The molecule has 0 aliphatic heterocycles. The molecule has 0 amide bonds. The second-order valence-corrected chi connectivity index (χ2v) is 6.01. The maximum atomic E-state index is 12.7. The van der Waals surface area contributed by atoms with Gasteiger partial charge in [-0.1, -0.05) is 12.1 Å². The van der Waals surface area contributed by atoms with Gasteiger partial charge >= 0.3 is 0 Å². The molecular weight excluding hydrogens is 243 g/mol. The normalized spacial score (nSPS) is 13.9. The summed E-state index contributed by atoms with van der Waals surface area (Å²) >= 11 is 0. The van der Waals surface area contributed by atoms with Crippen molar-refractivity contribution in [1.82, 2.24) is 4.31 Å². The van der Waals surface area contributed by atoms with E-state index in [0.29, 0.717) is 5.56 Å². The van der Waals surface area contributed by atoms with Crippen molar-refractivity contribution >= 4 is 10.0 Å². The Bertz CT molecular complexity index is 459. The van der Waals surface area contributed by atoms with Crippen LogP contribution in [-0.4, -0.2) is 32.4 Å². The third-order valence-corrected chi connectivity index (χ3v) is 4.60. The molecule has 0 saturated heterocycles. The van der Waals surface area contributed by atoms with Gasteiger partial charge in [-0.2, -0.15) is 0 Å². The molecule has 1 atom stereocenters. The molecule has 1 aromatic rings. The molecule has 4 nitrogen and oxygen atoms in total. The van der Waals surface area contributed by atoms with Crippen LogP contribution in [0.4, 0.5) is 4.39 Å². The number of benzene rings is 1. The molecule has 0 aliphatic carbocycles. The van der Waals surface area contributed by atoms with Crippen LogP contribution in [0.1, 0.15) is 12.5 Å². The smallest absolute Gasteiger partial charge is 0.218 e. The highest BCUT2D eigenvalue weighted by molar-refractivity contribution is 7.88. The number of hydrogen-bond acceptors (Lipinski definition) is 3. The van der Waals surface area contributed by atoms with Crippen molar-refractivity contribution in [1.29, 1.82) is 0 Å². The van der Waals surface area contributed by atoms with Crippen LogP contribution in [0.5, 0.6) is 0 Å². The molecule has 0 fully saturated rings. The van der Waals surface area contributed by atoms with Gasteiger partial charge in [0.15, 0.2) is 0 Å². The van der Waals surface area contributed by atoms with Crippen molar-refractivity contribution in [2.75, 3.05) is 13.6 Å². The molecule has 1 rings (SSSR count). The van der Waals surface area contributed by atoms with Crippen molar-refractivity contribution in [3.8, 4) is 0 Å². The zero-order valence-electron chi connectivity index (χ0n) is 9.93. The fraction of sp³-hybridized carbons (Fsp3) is 0.455. The predicted molar refractivity (Wildman–Crippen MR) is 65.3 cm³/mol. The van der Waals surface area contributed by atoms with Crippen LogP contribution in [0, 0.1) is 5.82 Å². The highest BCUT2D eigenvalue weighted by Crippen LogP contribution is 2.12. The van der Waals surface area contributed by atoms with Crippen LogP contribution in [0.15, 0.2) is 24.3 Å². The van der Waals surface area contributed by atoms with E-state index in [-0.39, 0.29) is 24.2 Å². The van der Waals surface area contributed by atoms with Crippen LogP contribution in [0.2, 0.25) is 0 Å². The summed E-state index contributed by atoms with van der Waals surface area (Å²) in [6.45, 7) is 2.00. The summed E-state index contributed by atoms with van der Waals surface area (Å²) < 4.78 is 37.9. The third-order valence-electron chi connectivity index (χ3n) is 2.66. The van der Waals surface area contributed by atoms with Crippen molar-refractivity contribution in [3.05, 3.63) is 35.6 Å². The topological polar surface area (TPSA) is 63.4 Å². The molecule has 17 heavy (non-hydrogen) atoms. The van der Waals surface area contributed by atoms with E-state index in [1.54, 1.807) is 6.92 Å². The molecule has 1 unspecified atom stereocenters. The first-order valence-corrected chi connectivity index (χ1v) is 6.88. The second-order valence-electron chi connectivity index (χ2n) is 3.98. The zero-order valence-corrected chi connectivity index (χ0v) is 10.7. The van der Waals surface area contributed by atoms with Gasteiger partial charge < -0.3 is 5.73 Å². The van der Waals surface area contributed by atoms with Gasteiger partial charge in [0.05, 0.1) is 5.75 Å². The number of rotatable bonds is 5. The number of hydrogen-bond donors (Lipinski definition) is 1. The highest BCUT2D eigenvalue weighted by Gasteiger charge is 2.22. The lowest BCUT2D eigenvalue weighted by molar-refractivity contribution is 0.394. The summed E-state index contributed by atoms with van der Waals surface area (Å²) in [5, 5.41) is 0. The van der Waals surface area contributed by atoms with E-state index < -0.39 is 10.0 Å². The van der Waals surface area contributed by atoms with Gasteiger partial charge in [0.2, 0.25) is 10.0 Å². The van der Waals surface area contributed by atoms with Crippen LogP contribution >= 0.6 is 0 Å². The molecule has 0 radical (unpaired) electrons. The van der Waals surface area contributed by atoms with E-state index in [0.717, 1.165) is 0 Å². The molecule has 1 aromatic carbocycles. The molecule has 96 valence electrons. The van der Waals surface area contributed by atoms with Crippen LogP contribution < -0.4 is 5.73 Å². The molecule has 0 aliphatic rings. The third kappa shape index (κ3) is 3.76. The molecule has 0 bridgehead atoms. The fourth-order valence-electron chi connectivity index (χ4n) is 1.32. The average molecular weight is 260 g/mol. The van der Waals surface area contributed by atoms with E-state index in [4.69, 9.17) is 5.73 Å². The quantitative estimate of drug-likeness (QED) is 0.856. The molecule has 0 heterocycles. The molecule has 0 saturated carbocycles. The fourth-order valence-corrected chi connectivity index (χ4v) is 2.77. The van der Waals surface area contributed by atoms with E-state index >= 15 is 0 Å². The molecule has 0 aromatic heterocycles. The maximum Gasteiger partial charge on any atom is 0.218 e. The number of likely N-dealkylation sites (N-methyl/N-ethyl adjacent to an activating group) is 1. The van der Waals surface area contributed by atoms with Gasteiger partial charge in [-0.3, -0.25) is 0 Å². The Morgan fingerprint density at radius 1 is 1.35 bits per heavy atom. The van der Waals surface area contributed by atoms with Crippen molar-refractivity contribution in [2.24, 2.45) is 5.73 Å². The monoisotopic (exact) mass is 260 g/mol. The Morgan fingerprint density at radius 3 is 2.35 bits per heavy atom. The van der Waals surface area contributed by atoms with Gasteiger partial charge in [0.1, 0.15) is 5.82 Å². The Morgan fingerprint density at radius 2 is 1.88 bits per heavy atom. The summed E-state index contributed by atoms with van der Waals surface area (Å²) in [6, 6.07) is 5.18.